The Hall–Kier alpha value is -2.92. The second kappa shape index (κ2) is 5.94. The topological polar surface area (TPSA) is 51.1 Å². The van der Waals surface area contributed by atoms with Crippen LogP contribution in [0.4, 0.5) is 5.69 Å². The normalized spacial score (nSPS) is 11.0. The Morgan fingerprint density at radius 1 is 0.958 bits per heavy atom. The minimum atomic E-state index is -0.118. The monoisotopic (exact) mass is 334 g/mol. The zero-order valence-electron chi connectivity index (χ0n) is 12.7. The predicted octanol–water partition coefficient (Wildman–Crippen LogP) is 3.85. The fourth-order valence-corrected chi connectivity index (χ4v) is 3.51. The molecule has 24 heavy (non-hydrogen) atoms. The van der Waals surface area contributed by atoms with Crippen molar-refractivity contribution in [3.8, 4) is 0 Å². The number of carbonyl (C=O) groups excluding carboxylic acids is 1. The molecule has 2 aromatic heterocycles. The van der Waals surface area contributed by atoms with Crippen molar-refractivity contribution in [1.82, 2.24) is 4.57 Å². The molecule has 4 nitrogen and oxygen atoms in total. The van der Waals surface area contributed by atoms with Gasteiger partial charge in [0.25, 0.3) is 0 Å². The summed E-state index contributed by atoms with van der Waals surface area (Å²) >= 11 is 1.53. The highest BCUT2D eigenvalue weighted by molar-refractivity contribution is 7.08. The van der Waals surface area contributed by atoms with Crippen LogP contribution in [-0.2, 0) is 11.3 Å². The molecule has 0 unspecified atom stereocenters. The number of benzene rings is 2. The first-order valence-corrected chi connectivity index (χ1v) is 8.50. The molecule has 0 atom stereocenters. The molecule has 0 aliphatic carbocycles. The summed E-state index contributed by atoms with van der Waals surface area (Å²) in [7, 11) is 0. The first-order valence-electron chi connectivity index (χ1n) is 7.56. The summed E-state index contributed by atoms with van der Waals surface area (Å²) < 4.78 is 1.90. The molecular weight excluding hydrogens is 320 g/mol. The average molecular weight is 334 g/mol. The number of fused-ring (bicyclic) bond motifs is 2. The van der Waals surface area contributed by atoms with Crippen molar-refractivity contribution in [2.45, 2.75) is 6.54 Å². The SMILES string of the molecule is O=C(Cn1c2ccccc2c(=O)c2ccccc21)Nc1ccsc1. The van der Waals surface area contributed by atoms with Crippen LogP contribution in [0.2, 0.25) is 0 Å². The Bertz CT molecular complexity index is 1040. The van der Waals surface area contributed by atoms with E-state index in [9.17, 15) is 9.59 Å². The lowest BCUT2D eigenvalue weighted by atomic mass is 10.1. The molecule has 4 rings (SSSR count). The van der Waals surface area contributed by atoms with E-state index in [-0.39, 0.29) is 17.9 Å². The molecule has 1 N–H and O–H groups in total. The number of aromatic nitrogens is 1. The van der Waals surface area contributed by atoms with Crippen LogP contribution in [0.15, 0.2) is 70.2 Å². The van der Waals surface area contributed by atoms with Gasteiger partial charge in [-0.15, -0.1) is 0 Å². The van der Waals surface area contributed by atoms with Crippen molar-refractivity contribution < 1.29 is 4.79 Å². The first-order chi connectivity index (χ1) is 11.7. The molecule has 2 heterocycles. The molecule has 0 aliphatic heterocycles. The Morgan fingerprint density at radius 2 is 1.58 bits per heavy atom. The lowest BCUT2D eigenvalue weighted by molar-refractivity contribution is -0.116. The number of amides is 1. The van der Waals surface area contributed by atoms with E-state index < -0.39 is 0 Å². The van der Waals surface area contributed by atoms with Crippen LogP contribution in [0.5, 0.6) is 0 Å². The molecule has 4 aromatic rings. The smallest absolute Gasteiger partial charge is 0.244 e. The third-order valence-electron chi connectivity index (χ3n) is 3.99. The van der Waals surface area contributed by atoms with Gasteiger partial charge in [-0.3, -0.25) is 9.59 Å². The maximum atomic E-state index is 12.7. The van der Waals surface area contributed by atoms with Gasteiger partial charge in [-0.05, 0) is 35.7 Å². The van der Waals surface area contributed by atoms with E-state index in [2.05, 4.69) is 5.32 Å². The summed E-state index contributed by atoms with van der Waals surface area (Å²) in [5.74, 6) is -0.118. The summed E-state index contributed by atoms with van der Waals surface area (Å²) in [6, 6.07) is 16.7. The lowest BCUT2D eigenvalue weighted by Crippen LogP contribution is -2.21. The van der Waals surface area contributed by atoms with E-state index in [0.29, 0.717) is 10.8 Å². The van der Waals surface area contributed by atoms with Gasteiger partial charge >= 0.3 is 0 Å². The molecule has 0 radical (unpaired) electrons. The molecule has 1 amide bonds. The Balaban J connectivity index is 1.87. The van der Waals surface area contributed by atoms with Crippen molar-refractivity contribution >= 4 is 44.7 Å². The number of nitrogens with one attached hydrogen (secondary N) is 1. The molecule has 0 fully saturated rings. The molecule has 0 bridgehead atoms. The fraction of sp³-hybridized carbons (Fsp3) is 0.0526. The van der Waals surface area contributed by atoms with Crippen LogP contribution in [0, 0.1) is 0 Å². The maximum absolute atomic E-state index is 12.7. The number of hydrogen-bond acceptors (Lipinski definition) is 3. The number of hydrogen-bond donors (Lipinski definition) is 1. The first kappa shape index (κ1) is 14.7. The third-order valence-corrected chi connectivity index (χ3v) is 4.67. The summed E-state index contributed by atoms with van der Waals surface area (Å²) in [6.07, 6.45) is 0. The van der Waals surface area contributed by atoms with Gasteiger partial charge in [0, 0.05) is 16.2 Å². The highest BCUT2D eigenvalue weighted by Crippen LogP contribution is 2.19. The van der Waals surface area contributed by atoms with Gasteiger partial charge < -0.3 is 9.88 Å². The Morgan fingerprint density at radius 3 is 2.17 bits per heavy atom. The van der Waals surface area contributed by atoms with Crippen LogP contribution < -0.4 is 10.7 Å². The molecule has 0 saturated heterocycles. The van der Waals surface area contributed by atoms with Crippen molar-refractivity contribution in [3.05, 3.63) is 75.6 Å². The van der Waals surface area contributed by atoms with E-state index in [1.165, 1.54) is 11.3 Å². The van der Waals surface area contributed by atoms with Gasteiger partial charge in [-0.2, -0.15) is 11.3 Å². The standard InChI is InChI=1S/C19H14N2O2S/c22-18(20-13-9-10-24-12-13)11-21-16-7-3-1-5-14(16)19(23)15-6-2-4-8-17(15)21/h1-10,12H,11H2,(H,20,22). The summed E-state index contributed by atoms with van der Waals surface area (Å²) in [6.45, 7) is 0.150. The van der Waals surface area contributed by atoms with Crippen LogP contribution >= 0.6 is 11.3 Å². The maximum Gasteiger partial charge on any atom is 0.244 e. The molecule has 5 heteroatoms. The molecule has 0 aliphatic rings. The van der Waals surface area contributed by atoms with Crippen molar-refractivity contribution in [2.75, 3.05) is 5.32 Å². The lowest BCUT2D eigenvalue weighted by Gasteiger charge is -2.14. The number of carbonyl (C=O) groups is 1. The van der Waals surface area contributed by atoms with Crippen molar-refractivity contribution in [2.24, 2.45) is 0 Å². The fourth-order valence-electron chi connectivity index (χ4n) is 2.93. The predicted molar refractivity (Wildman–Crippen MR) is 98.7 cm³/mol. The Labute approximate surface area is 142 Å². The zero-order chi connectivity index (χ0) is 16.5. The van der Waals surface area contributed by atoms with Gasteiger partial charge in [0.15, 0.2) is 5.43 Å². The number of pyridine rings is 1. The quantitative estimate of drug-likeness (QED) is 0.579. The van der Waals surface area contributed by atoms with E-state index in [1.807, 2.05) is 57.8 Å². The van der Waals surface area contributed by atoms with E-state index in [0.717, 1.165) is 16.7 Å². The zero-order valence-corrected chi connectivity index (χ0v) is 13.5. The number of nitrogens with zero attached hydrogens (tertiary/aromatic N) is 1. The van der Waals surface area contributed by atoms with Crippen LogP contribution in [0.1, 0.15) is 0 Å². The minimum absolute atomic E-state index is 0.00399. The highest BCUT2D eigenvalue weighted by atomic mass is 32.1. The molecule has 0 saturated carbocycles. The van der Waals surface area contributed by atoms with Crippen molar-refractivity contribution in [3.63, 3.8) is 0 Å². The van der Waals surface area contributed by atoms with Gasteiger partial charge in [-0.1, -0.05) is 24.3 Å². The molecular formula is C19H14N2O2S. The van der Waals surface area contributed by atoms with Crippen LogP contribution in [0.25, 0.3) is 21.8 Å². The van der Waals surface area contributed by atoms with E-state index in [4.69, 9.17) is 0 Å². The number of thiophene rings is 1. The van der Waals surface area contributed by atoms with Crippen LogP contribution in [-0.4, -0.2) is 10.5 Å². The van der Waals surface area contributed by atoms with E-state index in [1.54, 1.807) is 12.1 Å². The summed E-state index contributed by atoms with van der Waals surface area (Å²) in [5.41, 5.74) is 2.32. The second-order valence-corrected chi connectivity index (χ2v) is 6.29. The minimum Gasteiger partial charge on any atom is -0.331 e. The van der Waals surface area contributed by atoms with Gasteiger partial charge in [0.1, 0.15) is 6.54 Å². The highest BCUT2D eigenvalue weighted by Gasteiger charge is 2.12. The van der Waals surface area contributed by atoms with E-state index >= 15 is 0 Å². The van der Waals surface area contributed by atoms with Crippen LogP contribution in [0.3, 0.4) is 0 Å². The van der Waals surface area contributed by atoms with Crippen molar-refractivity contribution in [1.29, 1.82) is 0 Å². The third kappa shape index (κ3) is 2.49. The number of rotatable bonds is 3. The second-order valence-electron chi connectivity index (χ2n) is 5.51. The number of para-hydroxylation sites is 2. The average Bonchev–Trinajstić information content (AvgIpc) is 3.11. The largest absolute Gasteiger partial charge is 0.331 e. The molecule has 118 valence electrons. The van der Waals surface area contributed by atoms with Gasteiger partial charge in [0.05, 0.1) is 16.7 Å². The molecule has 2 aromatic carbocycles. The Kier molecular flexibility index (Phi) is 3.63. The number of anilines is 1. The van der Waals surface area contributed by atoms with Gasteiger partial charge in [0.2, 0.25) is 5.91 Å². The summed E-state index contributed by atoms with van der Waals surface area (Å²) in [5, 5.41) is 7.94. The summed E-state index contributed by atoms with van der Waals surface area (Å²) in [4.78, 5) is 25.1. The molecule has 0 spiro atoms. The van der Waals surface area contributed by atoms with Gasteiger partial charge in [-0.25, -0.2) is 0 Å².